The van der Waals surface area contributed by atoms with E-state index in [2.05, 4.69) is 27.8 Å². The molecule has 0 bridgehead atoms. The van der Waals surface area contributed by atoms with Gasteiger partial charge in [0.05, 0.1) is 18.8 Å². The van der Waals surface area contributed by atoms with Crippen molar-refractivity contribution in [3.05, 3.63) is 65.2 Å². The van der Waals surface area contributed by atoms with Gasteiger partial charge in [0, 0.05) is 68.5 Å². The summed E-state index contributed by atoms with van der Waals surface area (Å²) in [4.78, 5) is 120. The van der Waals surface area contributed by atoms with Crippen LogP contribution in [0.4, 0.5) is 10.5 Å². The summed E-state index contributed by atoms with van der Waals surface area (Å²) in [7, 11) is 0. The molecular weight excluding hydrogens is 724 g/mol. The van der Waals surface area contributed by atoms with Gasteiger partial charge in [-0.1, -0.05) is 56.0 Å². The van der Waals surface area contributed by atoms with Gasteiger partial charge in [0.25, 0.3) is 11.8 Å². The molecule has 0 aromatic heterocycles. The lowest BCUT2D eigenvalue weighted by molar-refractivity contribution is -0.199. The Labute approximate surface area is 324 Å². The number of hydrogen-bond donors (Lipinski definition) is 4. The molecule has 0 saturated carbocycles. The number of fused-ring (bicyclic) bond motifs is 2. The first-order chi connectivity index (χ1) is 26.7. The minimum atomic E-state index is -1.34. The fourth-order valence-electron chi connectivity index (χ4n) is 6.06. The number of hydrogen-bond acceptors (Lipinski definition) is 10. The third-order valence-electron chi connectivity index (χ3n) is 9.25. The molecule has 1 fully saturated rings. The topological polar surface area (TPSA) is 231 Å². The summed E-state index contributed by atoms with van der Waals surface area (Å²) in [5.41, 5.74) is 8.12. The predicted octanol–water partition coefficient (Wildman–Crippen LogP) is 1.95. The number of nitrogens with zero attached hydrogens (tertiary/aromatic N) is 2. The van der Waals surface area contributed by atoms with Crippen LogP contribution in [-0.2, 0) is 49.7 Å². The number of carbonyl (C=O) groups is 9. The van der Waals surface area contributed by atoms with Crippen molar-refractivity contribution in [2.45, 2.75) is 84.2 Å². The molecule has 1 saturated heterocycles. The molecule has 2 aromatic carbocycles. The van der Waals surface area contributed by atoms with Crippen molar-refractivity contribution in [1.29, 1.82) is 0 Å². The number of para-hydroxylation sites is 1. The van der Waals surface area contributed by atoms with E-state index in [1.807, 2.05) is 48.5 Å². The second-order valence-electron chi connectivity index (χ2n) is 13.8. The molecule has 0 unspecified atom stereocenters. The lowest BCUT2D eigenvalue weighted by Crippen LogP contribution is -2.48. The standard InChI is InChI=1S/C40H46N6O10/c1-25(2)31(38(53)44-32(11-7-21-42-40(41)55)39(54)56-46-36(51)19-20-37(46)52)22-30(48)23-43-34(49)17-15-29(47)16-18-35(50)45-24-28-10-4-3-8-26(28)13-14-27-9-5-6-12-33(27)45/h3-6,8-10,12,25,31-32H,7,11,15-24H2,1-2H3,(H,43,49)(H,44,53)(H3,41,42,55)/t31-,32-/m0/s1. The highest BCUT2D eigenvalue weighted by Crippen LogP contribution is 2.26. The quantitative estimate of drug-likeness (QED) is 0.0922. The van der Waals surface area contributed by atoms with Crippen molar-refractivity contribution in [2.75, 3.05) is 18.0 Å². The lowest BCUT2D eigenvalue weighted by atomic mass is 9.89. The molecule has 5 N–H and O–H groups in total. The van der Waals surface area contributed by atoms with Gasteiger partial charge in [0.15, 0.2) is 5.78 Å². The maximum atomic E-state index is 13.4. The number of primary amides is 1. The number of urea groups is 1. The molecule has 2 aromatic rings. The van der Waals surface area contributed by atoms with E-state index in [1.165, 1.54) is 0 Å². The van der Waals surface area contributed by atoms with Crippen LogP contribution in [0.2, 0.25) is 0 Å². The summed E-state index contributed by atoms with van der Waals surface area (Å²) in [5.74, 6) is 0.195. The minimum absolute atomic E-state index is 0.0568. The van der Waals surface area contributed by atoms with Gasteiger partial charge >= 0.3 is 12.0 Å². The number of benzene rings is 2. The Morgan fingerprint density at radius 1 is 0.821 bits per heavy atom. The van der Waals surface area contributed by atoms with Crippen LogP contribution in [0.3, 0.4) is 0 Å². The molecule has 0 spiro atoms. The minimum Gasteiger partial charge on any atom is -0.352 e. The highest BCUT2D eigenvalue weighted by atomic mass is 16.7. The van der Waals surface area contributed by atoms with Crippen molar-refractivity contribution in [3.63, 3.8) is 0 Å². The molecule has 2 aliphatic rings. The van der Waals surface area contributed by atoms with Gasteiger partial charge in [0.1, 0.15) is 11.8 Å². The Balaban J connectivity index is 1.24. The van der Waals surface area contributed by atoms with Gasteiger partial charge in [0.2, 0.25) is 17.7 Å². The van der Waals surface area contributed by atoms with Crippen molar-refractivity contribution in [3.8, 4) is 11.8 Å². The fraction of sp³-hybridized carbons (Fsp3) is 0.425. The maximum Gasteiger partial charge on any atom is 0.355 e. The molecule has 2 heterocycles. The molecule has 2 atom stereocenters. The molecule has 296 valence electrons. The van der Waals surface area contributed by atoms with Gasteiger partial charge in [-0.15, -0.1) is 5.06 Å². The van der Waals surface area contributed by atoms with Crippen molar-refractivity contribution in [1.82, 2.24) is 21.0 Å². The number of amides is 7. The molecule has 16 nitrogen and oxygen atoms in total. The van der Waals surface area contributed by atoms with E-state index >= 15 is 0 Å². The summed E-state index contributed by atoms with van der Waals surface area (Å²) in [5, 5.41) is 7.72. The molecule has 4 rings (SSSR count). The lowest BCUT2D eigenvalue weighted by Gasteiger charge is -2.26. The Kier molecular flexibility index (Phi) is 15.4. The van der Waals surface area contributed by atoms with E-state index in [0.717, 1.165) is 11.1 Å². The van der Waals surface area contributed by atoms with E-state index in [0.29, 0.717) is 16.3 Å². The molecule has 0 radical (unpaired) electrons. The number of nitrogens with two attached hydrogens (primary N) is 1. The smallest absolute Gasteiger partial charge is 0.352 e. The molecule has 0 aliphatic carbocycles. The second kappa shape index (κ2) is 20.3. The van der Waals surface area contributed by atoms with Gasteiger partial charge in [-0.05, 0) is 42.5 Å². The number of Topliss-reactive ketones (excluding diaryl/α,β-unsaturated/α-hetero) is 2. The number of ketones is 2. The van der Waals surface area contributed by atoms with Crippen LogP contribution in [-0.4, -0.2) is 77.3 Å². The molecule has 56 heavy (non-hydrogen) atoms. The van der Waals surface area contributed by atoms with Crippen LogP contribution in [0.15, 0.2) is 48.5 Å². The van der Waals surface area contributed by atoms with Crippen LogP contribution >= 0.6 is 0 Å². The maximum absolute atomic E-state index is 13.4. The average Bonchev–Trinajstić information content (AvgIpc) is 3.48. The Hall–Kier alpha value is -6.37. The molecule has 2 aliphatic heterocycles. The number of anilines is 1. The van der Waals surface area contributed by atoms with E-state index < -0.39 is 59.9 Å². The predicted molar refractivity (Wildman–Crippen MR) is 200 cm³/mol. The number of nitrogens with one attached hydrogen (secondary N) is 3. The summed E-state index contributed by atoms with van der Waals surface area (Å²) in [6.45, 7) is 3.32. The van der Waals surface area contributed by atoms with Gasteiger partial charge in [-0.2, -0.15) is 0 Å². The highest BCUT2D eigenvalue weighted by molar-refractivity contribution is 6.02. The summed E-state index contributed by atoms with van der Waals surface area (Å²) in [6.07, 6.45) is -0.943. The first-order valence-electron chi connectivity index (χ1n) is 18.4. The third kappa shape index (κ3) is 12.3. The molecular formula is C40H46N6O10. The van der Waals surface area contributed by atoms with Crippen molar-refractivity contribution >= 4 is 58.8 Å². The van der Waals surface area contributed by atoms with Gasteiger partial charge in [-0.3, -0.25) is 33.6 Å². The van der Waals surface area contributed by atoms with Crippen LogP contribution in [0.5, 0.6) is 0 Å². The summed E-state index contributed by atoms with van der Waals surface area (Å²) >= 11 is 0. The van der Waals surface area contributed by atoms with E-state index in [-0.39, 0.29) is 88.5 Å². The molecule has 7 amide bonds. The van der Waals surface area contributed by atoms with E-state index in [4.69, 9.17) is 10.6 Å². The van der Waals surface area contributed by atoms with Gasteiger partial charge in [-0.25, -0.2) is 9.59 Å². The van der Waals surface area contributed by atoms with E-state index in [1.54, 1.807) is 18.7 Å². The first kappa shape index (κ1) is 42.4. The highest BCUT2D eigenvalue weighted by Gasteiger charge is 2.36. The normalized spacial score (nSPS) is 14.2. The van der Waals surface area contributed by atoms with Gasteiger partial charge < -0.3 is 31.4 Å². The summed E-state index contributed by atoms with van der Waals surface area (Å²) in [6, 6.07) is 12.7. The van der Waals surface area contributed by atoms with Crippen LogP contribution < -0.4 is 26.6 Å². The second-order valence-corrected chi connectivity index (χ2v) is 13.8. The average molecular weight is 771 g/mol. The third-order valence-corrected chi connectivity index (χ3v) is 9.25. The van der Waals surface area contributed by atoms with Crippen LogP contribution in [0.1, 0.15) is 88.3 Å². The summed E-state index contributed by atoms with van der Waals surface area (Å²) < 4.78 is 0. The number of carbonyl (C=O) groups excluding carboxylic acids is 9. The Bertz CT molecular complexity index is 1920. The zero-order valence-electron chi connectivity index (χ0n) is 31.4. The number of hydroxylamine groups is 2. The molecule has 16 heteroatoms. The van der Waals surface area contributed by atoms with Crippen LogP contribution in [0, 0.1) is 23.7 Å². The van der Waals surface area contributed by atoms with Crippen molar-refractivity contribution < 1.29 is 48.0 Å². The van der Waals surface area contributed by atoms with Crippen molar-refractivity contribution in [2.24, 2.45) is 17.6 Å². The largest absolute Gasteiger partial charge is 0.355 e. The van der Waals surface area contributed by atoms with E-state index in [9.17, 15) is 43.2 Å². The zero-order valence-corrected chi connectivity index (χ0v) is 31.4. The number of rotatable bonds is 19. The monoisotopic (exact) mass is 770 g/mol. The first-order valence-corrected chi connectivity index (χ1v) is 18.4. The Morgan fingerprint density at radius 3 is 2.16 bits per heavy atom. The van der Waals surface area contributed by atoms with Crippen LogP contribution in [0.25, 0.3) is 0 Å². The zero-order chi connectivity index (χ0) is 40.8. The number of imide groups is 1. The Morgan fingerprint density at radius 2 is 1.46 bits per heavy atom. The SMILES string of the molecule is CC(C)[C@H](CC(=O)CNC(=O)CCC(=O)CCC(=O)N1Cc2ccccc2C#Cc2ccccc21)C(=O)N[C@@H](CCCNC(N)=O)C(=O)ON1C(=O)CCC1=O. The fourth-order valence-corrected chi connectivity index (χ4v) is 6.06.